The van der Waals surface area contributed by atoms with Gasteiger partial charge in [-0.05, 0) is 12.1 Å². The van der Waals surface area contributed by atoms with Gasteiger partial charge in [0.2, 0.25) is 0 Å². The monoisotopic (exact) mass is 261 g/mol. The minimum absolute atomic E-state index is 0.0114. The van der Waals surface area contributed by atoms with Gasteiger partial charge in [0.1, 0.15) is 5.75 Å². The van der Waals surface area contributed by atoms with Crippen LogP contribution in [0.5, 0.6) is 5.75 Å². The van der Waals surface area contributed by atoms with Gasteiger partial charge in [-0.1, -0.05) is 33.6 Å². The summed E-state index contributed by atoms with van der Waals surface area (Å²) in [5, 5.41) is 9.82. The number of nitrogens with two attached hydrogens (primary N) is 1. The van der Waals surface area contributed by atoms with Crippen molar-refractivity contribution in [1.82, 2.24) is 0 Å². The van der Waals surface area contributed by atoms with Crippen molar-refractivity contribution in [2.24, 2.45) is 5.73 Å². The van der Waals surface area contributed by atoms with Crippen LogP contribution in [0.1, 0.15) is 11.6 Å². The van der Waals surface area contributed by atoms with E-state index in [9.17, 15) is 5.11 Å². The Balaban J connectivity index is 3.27. The zero-order valence-electron chi connectivity index (χ0n) is 6.80. The van der Waals surface area contributed by atoms with Crippen molar-refractivity contribution in [2.45, 2.75) is 6.04 Å². The maximum absolute atomic E-state index is 9.54. The van der Waals surface area contributed by atoms with E-state index < -0.39 is 6.04 Å². The smallest absolute Gasteiger partial charge is 0.139 e. The Hall–Kier alpha value is -0.510. The number of phenolic OH excluding ortho intramolecular Hbond substituents is 1. The quantitative estimate of drug-likeness (QED) is 0.805. The molecule has 1 aromatic rings. The Morgan fingerprint density at radius 3 is 2.77 bits per heavy atom. The highest BCUT2D eigenvalue weighted by atomic mass is 79.9. The molecule has 0 bridgehead atoms. The highest BCUT2D eigenvalue weighted by Crippen LogP contribution is 2.34. The van der Waals surface area contributed by atoms with Crippen LogP contribution >= 0.6 is 27.5 Å². The van der Waals surface area contributed by atoms with Crippen molar-refractivity contribution in [3.63, 3.8) is 0 Å². The van der Waals surface area contributed by atoms with Crippen molar-refractivity contribution in [3.8, 4) is 5.75 Å². The van der Waals surface area contributed by atoms with Gasteiger partial charge < -0.3 is 10.8 Å². The number of benzene rings is 1. The molecule has 3 N–H and O–H groups in total. The van der Waals surface area contributed by atoms with Crippen LogP contribution in [0.25, 0.3) is 0 Å². The SMILES string of the molecule is C=CC(N)c1cc(Br)cc(Cl)c1O. The molecular weight excluding hydrogens is 253 g/mol. The first kappa shape index (κ1) is 10.6. The average molecular weight is 263 g/mol. The van der Waals surface area contributed by atoms with Crippen LogP contribution < -0.4 is 5.73 Å². The van der Waals surface area contributed by atoms with Gasteiger partial charge in [-0.2, -0.15) is 0 Å². The van der Waals surface area contributed by atoms with Gasteiger partial charge in [0.05, 0.1) is 11.1 Å². The maximum Gasteiger partial charge on any atom is 0.139 e. The third-order valence-corrected chi connectivity index (χ3v) is 2.42. The number of phenols is 1. The van der Waals surface area contributed by atoms with Crippen LogP contribution in [-0.4, -0.2) is 5.11 Å². The summed E-state index contributed by atoms with van der Waals surface area (Å²) in [6.45, 7) is 3.54. The fourth-order valence-corrected chi connectivity index (χ4v) is 1.80. The highest BCUT2D eigenvalue weighted by molar-refractivity contribution is 9.10. The van der Waals surface area contributed by atoms with Crippen molar-refractivity contribution in [3.05, 3.63) is 39.8 Å². The molecular formula is C9H9BrClNO. The van der Waals surface area contributed by atoms with Crippen molar-refractivity contribution >= 4 is 27.5 Å². The van der Waals surface area contributed by atoms with E-state index in [1.165, 1.54) is 6.08 Å². The molecule has 0 aliphatic heterocycles. The molecule has 0 amide bonds. The zero-order valence-corrected chi connectivity index (χ0v) is 9.14. The molecule has 0 spiro atoms. The number of hydrogen-bond acceptors (Lipinski definition) is 2. The largest absolute Gasteiger partial charge is 0.506 e. The lowest BCUT2D eigenvalue weighted by Crippen LogP contribution is -2.06. The summed E-state index contributed by atoms with van der Waals surface area (Å²) in [7, 11) is 0. The van der Waals surface area contributed by atoms with Crippen molar-refractivity contribution in [1.29, 1.82) is 0 Å². The molecule has 0 heterocycles. The Labute approximate surface area is 90.1 Å². The molecule has 0 aromatic heterocycles. The van der Waals surface area contributed by atoms with Gasteiger partial charge in [0.25, 0.3) is 0 Å². The molecule has 0 radical (unpaired) electrons. The summed E-state index contributed by atoms with van der Waals surface area (Å²) >= 11 is 9.01. The molecule has 0 aliphatic carbocycles. The third kappa shape index (κ3) is 2.24. The Kier molecular flexibility index (Phi) is 3.36. The number of rotatable bonds is 2. The van der Waals surface area contributed by atoms with Crippen LogP contribution in [0.3, 0.4) is 0 Å². The number of halogens is 2. The molecule has 0 saturated carbocycles. The van der Waals surface area contributed by atoms with Gasteiger partial charge in [-0.25, -0.2) is 0 Å². The average Bonchev–Trinajstić information content (AvgIpc) is 2.10. The fourth-order valence-electron chi connectivity index (χ4n) is 0.967. The van der Waals surface area contributed by atoms with Crippen molar-refractivity contribution in [2.75, 3.05) is 0 Å². The van der Waals surface area contributed by atoms with Gasteiger partial charge >= 0.3 is 0 Å². The summed E-state index contributed by atoms with van der Waals surface area (Å²) < 4.78 is 0.780. The first-order valence-electron chi connectivity index (χ1n) is 3.62. The topological polar surface area (TPSA) is 46.2 Å². The molecule has 2 nitrogen and oxygen atoms in total. The molecule has 0 saturated heterocycles. The van der Waals surface area contributed by atoms with Gasteiger partial charge in [0.15, 0.2) is 0 Å². The molecule has 1 atom stereocenters. The lowest BCUT2D eigenvalue weighted by Gasteiger charge is -2.10. The van der Waals surface area contributed by atoms with Crippen LogP contribution in [-0.2, 0) is 0 Å². The van der Waals surface area contributed by atoms with E-state index in [1.807, 2.05) is 0 Å². The number of hydrogen-bond donors (Lipinski definition) is 2. The van der Waals surface area contributed by atoms with E-state index in [4.69, 9.17) is 17.3 Å². The summed E-state index contributed by atoms with van der Waals surface area (Å²) in [5.41, 5.74) is 6.24. The van der Waals surface area contributed by atoms with Crippen LogP contribution in [0.4, 0.5) is 0 Å². The van der Waals surface area contributed by atoms with E-state index in [1.54, 1.807) is 12.1 Å². The Bertz CT molecular complexity index is 341. The summed E-state index contributed by atoms with van der Waals surface area (Å²) in [4.78, 5) is 0. The van der Waals surface area contributed by atoms with E-state index in [-0.39, 0.29) is 10.8 Å². The van der Waals surface area contributed by atoms with Crippen LogP contribution in [0.2, 0.25) is 5.02 Å². The third-order valence-electron chi connectivity index (χ3n) is 1.67. The molecule has 4 heteroatoms. The predicted molar refractivity (Wildman–Crippen MR) is 57.9 cm³/mol. The van der Waals surface area contributed by atoms with E-state index in [2.05, 4.69) is 22.5 Å². The summed E-state index contributed by atoms with van der Waals surface area (Å²) in [6, 6.07) is 2.92. The predicted octanol–water partition coefficient (Wildman–Crippen LogP) is 2.99. The first-order valence-corrected chi connectivity index (χ1v) is 4.79. The second-order valence-electron chi connectivity index (χ2n) is 2.59. The van der Waals surface area contributed by atoms with Crippen LogP contribution in [0.15, 0.2) is 29.3 Å². The summed E-state index contributed by atoms with van der Waals surface area (Å²) in [6.07, 6.45) is 1.54. The van der Waals surface area contributed by atoms with Crippen LogP contribution in [0, 0.1) is 0 Å². The molecule has 13 heavy (non-hydrogen) atoms. The second-order valence-corrected chi connectivity index (χ2v) is 3.91. The van der Waals surface area contributed by atoms with Gasteiger partial charge in [-0.15, -0.1) is 6.58 Å². The fraction of sp³-hybridized carbons (Fsp3) is 0.111. The Morgan fingerprint density at radius 2 is 2.23 bits per heavy atom. The first-order chi connectivity index (χ1) is 6.06. The lowest BCUT2D eigenvalue weighted by molar-refractivity contribution is 0.466. The van der Waals surface area contributed by atoms with Gasteiger partial charge in [0, 0.05) is 10.0 Å². The standard InChI is InChI=1S/C9H9BrClNO/c1-2-8(12)6-3-5(10)4-7(11)9(6)13/h2-4,8,13H,1,12H2. The normalized spacial score (nSPS) is 12.5. The molecule has 70 valence electrons. The van der Waals surface area contributed by atoms with E-state index in [0.29, 0.717) is 5.56 Å². The molecule has 0 fully saturated rings. The minimum Gasteiger partial charge on any atom is -0.506 e. The van der Waals surface area contributed by atoms with Gasteiger partial charge in [-0.3, -0.25) is 0 Å². The minimum atomic E-state index is -0.407. The molecule has 1 rings (SSSR count). The van der Waals surface area contributed by atoms with E-state index in [0.717, 1.165) is 4.47 Å². The Morgan fingerprint density at radius 1 is 1.62 bits per heavy atom. The highest BCUT2D eigenvalue weighted by Gasteiger charge is 2.11. The number of aromatic hydroxyl groups is 1. The lowest BCUT2D eigenvalue weighted by atomic mass is 10.1. The maximum atomic E-state index is 9.54. The zero-order chi connectivity index (χ0) is 10.0. The summed E-state index contributed by atoms with van der Waals surface area (Å²) in [5.74, 6) is 0.0114. The van der Waals surface area contributed by atoms with Crippen molar-refractivity contribution < 1.29 is 5.11 Å². The van der Waals surface area contributed by atoms with E-state index >= 15 is 0 Å². The molecule has 0 aliphatic rings. The molecule has 1 aromatic carbocycles. The second kappa shape index (κ2) is 4.13. The molecule has 1 unspecified atom stereocenters.